The highest BCUT2D eigenvalue weighted by molar-refractivity contribution is 5.71. The molecule has 4 heteroatoms. The molecule has 0 aliphatic carbocycles. The molecule has 0 radical (unpaired) electrons. The molecule has 0 aliphatic heterocycles. The molecule has 4 nitrogen and oxygen atoms in total. The van der Waals surface area contributed by atoms with E-state index in [1.165, 1.54) is 0 Å². The minimum Gasteiger partial charge on any atom is -0.269 e. The van der Waals surface area contributed by atoms with Gasteiger partial charge in [0.05, 0.1) is 23.0 Å². The van der Waals surface area contributed by atoms with Gasteiger partial charge in [-0.25, -0.2) is 4.98 Å². The van der Waals surface area contributed by atoms with Gasteiger partial charge >= 0.3 is 0 Å². The van der Waals surface area contributed by atoms with Gasteiger partial charge in [0.25, 0.3) is 5.56 Å². The summed E-state index contributed by atoms with van der Waals surface area (Å²) in [7, 11) is 0. The van der Waals surface area contributed by atoms with Crippen molar-refractivity contribution in [3.05, 3.63) is 117 Å². The molecule has 0 N–H and O–H groups in total. The van der Waals surface area contributed by atoms with E-state index in [1.807, 2.05) is 85.8 Å². The van der Waals surface area contributed by atoms with Crippen molar-refractivity contribution in [2.24, 2.45) is 0 Å². The SMILES string of the molecule is CCCCc1nc(CC)n(-c2ccccc2)c(=O)c1Cc1ccc(-c2ccccc2)c(C#N)c1. The number of unbranched alkanes of at least 4 members (excludes halogenated alkanes) is 1. The number of hydrogen-bond acceptors (Lipinski definition) is 3. The molecule has 0 saturated heterocycles. The lowest BCUT2D eigenvalue weighted by Gasteiger charge is -2.17. The Balaban J connectivity index is 1.82. The highest BCUT2D eigenvalue weighted by Gasteiger charge is 2.18. The average Bonchev–Trinajstić information content (AvgIpc) is 2.89. The zero-order valence-corrected chi connectivity index (χ0v) is 19.8. The van der Waals surface area contributed by atoms with E-state index in [9.17, 15) is 10.1 Å². The van der Waals surface area contributed by atoms with Crippen molar-refractivity contribution in [1.82, 2.24) is 9.55 Å². The molecule has 0 unspecified atom stereocenters. The lowest BCUT2D eigenvalue weighted by molar-refractivity contribution is 0.718. The molecule has 0 amide bonds. The quantitative estimate of drug-likeness (QED) is 0.320. The second kappa shape index (κ2) is 10.8. The van der Waals surface area contributed by atoms with Crippen LogP contribution in [0.5, 0.6) is 0 Å². The predicted octanol–water partition coefficient (Wildman–Crippen LogP) is 6.27. The standard InChI is InChI=1S/C30H29N3O/c1-3-5-16-28-27(30(34)33(29(4-2)32-28)25-14-10-7-11-15-25)20-22-17-18-26(24(19-22)21-31)23-12-8-6-9-13-23/h6-15,17-19H,3-5,16,20H2,1-2H3. The van der Waals surface area contributed by atoms with Crippen LogP contribution in [0.25, 0.3) is 16.8 Å². The summed E-state index contributed by atoms with van der Waals surface area (Å²) >= 11 is 0. The highest BCUT2D eigenvalue weighted by Crippen LogP contribution is 2.25. The first-order chi connectivity index (χ1) is 16.7. The van der Waals surface area contributed by atoms with Gasteiger partial charge in [0.2, 0.25) is 0 Å². The monoisotopic (exact) mass is 447 g/mol. The Bertz CT molecular complexity index is 1370. The van der Waals surface area contributed by atoms with Crippen LogP contribution in [-0.4, -0.2) is 9.55 Å². The fourth-order valence-electron chi connectivity index (χ4n) is 4.33. The maximum atomic E-state index is 13.8. The summed E-state index contributed by atoms with van der Waals surface area (Å²) in [5.41, 5.74) is 5.87. The third-order valence-electron chi connectivity index (χ3n) is 6.10. The summed E-state index contributed by atoms with van der Waals surface area (Å²) in [4.78, 5) is 18.8. The minimum absolute atomic E-state index is 0.0187. The lowest BCUT2D eigenvalue weighted by atomic mass is 9.95. The number of para-hydroxylation sites is 1. The molecule has 34 heavy (non-hydrogen) atoms. The zero-order chi connectivity index (χ0) is 23.9. The van der Waals surface area contributed by atoms with Crippen LogP contribution in [0.15, 0.2) is 83.7 Å². The van der Waals surface area contributed by atoms with E-state index in [2.05, 4.69) is 13.0 Å². The van der Waals surface area contributed by atoms with Gasteiger partial charge in [-0.15, -0.1) is 0 Å². The van der Waals surface area contributed by atoms with Crippen LogP contribution >= 0.6 is 0 Å². The molecule has 0 bridgehead atoms. The molecule has 4 aromatic rings. The molecular formula is C30H29N3O. The molecule has 0 aliphatic rings. The third kappa shape index (κ3) is 4.84. The lowest BCUT2D eigenvalue weighted by Crippen LogP contribution is -2.29. The third-order valence-corrected chi connectivity index (χ3v) is 6.10. The second-order valence-electron chi connectivity index (χ2n) is 8.42. The summed E-state index contributed by atoms with van der Waals surface area (Å²) in [6.07, 6.45) is 3.92. The van der Waals surface area contributed by atoms with E-state index < -0.39 is 0 Å². The van der Waals surface area contributed by atoms with Crippen LogP contribution in [0, 0.1) is 11.3 Å². The Kier molecular flexibility index (Phi) is 7.34. The largest absolute Gasteiger partial charge is 0.269 e. The highest BCUT2D eigenvalue weighted by atomic mass is 16.1. The van der Waals surface area contributed by atoms with E-state index in [-0.39, 0.29) is 5.56 Å². The topological polar surface area (TPSA) is 58.7 Å². The number of nitrogens with zero attached hydrogens (tertiary/aromatic N) is 3. The van der Waals surface area contributed by atoms with E-state index >= 15 is 0 Å². The van der Waals surface area contributed by atoms with Gasteiger partial charge < -0.3 is 0 Å². The first-order valence-electron chi connectivity index (χ1n) is 11.9. The maximum absolute atomic E-state index is 13.8. The molecule has 3 aromatic carbocycles. The van der Waals surface area contributed by atoms with Crippen LogP contribution in [0.2, 0.25) is 0 Å². The van der Waals surface area contributed by atoms with Gasteiger partial charge in [0.1, 0.15) is 5.82 Å². The average molecular weight is 448 g/mol. The van der Waals surface area contributed by atoms with Crippen LogP contribution < -0.4 is 5.56 Å². The number of aryl methyl sites for hydroxylation is 2. The number of hydrogen-bond donors (Lipinski definition) is 0. The van der Waals surface area contributed by atoms with E-state index in [0.29, 0.717) is 24.0 Å². The van der Waals surface area contributed by atoms with Gasteiger partial charge in [-0.1, -0.05) is 80.9 Å². The molecule has 1 aromatic heterocycles. The van der Waals surface area contributed by atoms with Crippen molar-refractivity contribution in [2.75, 3.05) is 0 Å². The molecule has 170 valence electrons. The Hall–Kier alpha value is -3.97. The van der Waals surface area contributed by atoms with Crippen molar-refractivity contribution in [3.8, 4) is 22.9 Å². The van der Waals surface area contributed by atoms with E-state index in [1.54, 1.807) is 4.57 Å². The smallest absolute Gasteiger partial charge is 0.261 e. The fraction of sp³-hybridized carbons (Fsp3) is 0.233. The second-order valence-corrected chi connectivity index (χ2v) is 8.42. The molecule has 4 rings (SSSR count). The fourth-order valence-corrected chi connectivity index (χ4v) is 4.33. The van der Waals surface area contributed by atoms with Crippen LogP contribution in [-0.2, 0) is 19.3 Å². The molecule has 0 spiro atoms. The minimum atomic E-state index is -0.0187. The molecule has 1 heterocycles. The first kappa shape index (κ1) is 23.2. The molecule has 0 atom stereocenters. The Labute approximate surface area is 201 Å². The summed E-state index contributed by atoms with van der Waals surface area (Å²) in [6, 6.07) is 27.9. The molecule has 0 saturated carbocycles. The van der Waals surface area contributed by atoms with Gasteiger partial charge in [-0.2, -0.15) is 5.26 Å². The van der Waals surface area contributed by atoms with Crippen molar-refractivity contribution < 1.29 is 0 Å². The van der Waals surface area contributed by atoms with Crippen LogP contribution in [0.1, 0.15) is 54.9 Å². The van der Waals surface area contributed by atoms with E-state index in [4.69, 9.17) is 4.98 Å². The number of nitriles is 1. The van der Waals surface area contributed by atoms with Gasteiger partial charge in [-0.05, 0) is 47.7 Å². The summed E-state index contributed by atoms with van der Waals surface area (Å²) in [6.45, 7) is 4.18. The molecular weight excluding hydrogens is 418 g/mol. The van der Waals surface area contributed by atoms with Crippen molar-refractivity contribution in [2.45, 2.75) is 46.0 Å². The zero-order valence-electron chi connectivity index (χ0n) is 19.8. The van der Waals surface area contributed by atoms with Crippen LogP contribution in [0.3, 0.4) is 0 Å². The summed E-state index contributed by atoms with van der Waals surface area (Å²) in [5, 5.41) is 9.83. The van der Waals surface area contributed by atoms with Crippen molar-refractivity contribution >= 4 is 0 Å². The van der Waals surface area contributed by atoms with Crippen molar-refractivity contribution in [1.29, 1.82) is 5.26 Å². The number of benzene rings is 3. The van der Waals surface area contributed by atoms with Crippen LogP contribution in [0.4, 0.5) is 0 Å². The normalized spacial score (nSPS) is 10.7. The Morgan fingerprint density at radius 1 is 0.941 bits per heavy atom. The summed E-state index contributed by atoms with van der Waals surface area (Å²) in [5.74, 6) is 0.781. The molecule has 0 fully saturated rings. The maximum Gasteiger partial charge on any atom is 0.261 e. The van der Waals surface area contributed by atoms with Gasteiger partial charge in [0.15, 0.2) is 0 Å². The number of aromatic nitrogens is 2. The van der Waals surface area contributed by atoms with Gasteiger partial charge in [0, 0.05) is 18.4 Å². The van der Waals surface area contributed by atoms with Gasteiger partial charge in [-0.3, -0.25) is 9.36 Å². The number of rotatable bonds is 8. The Morgan fingerprint density at radius 3 is 2.29 bits per heavy atom. The first-order valence-corrected chi connectivity index (χ1v) is 11.9. The predicted molar refractivity (Wildman–Crippen MR) is 137 cm³/mol. The van der Waals surface area contributed by atoms with E-state index in [0.717, 1.165) is 53.2 Å². The Morgan fingerprint density at radius 2 is 1.65 bits per heavy atom. The van der Waals surface area contributed by atoms with Crippen molar-refractivity contribution in [3.63, 3.8) is 0 Å². The summed E-state index contributed by atoms with van der Waals surface area (Å²) < 4.78 is 1.74.